The fourth-order valence-corrected chi connectivity index (χ4v) is 2.21. The third-order valence-electron chi connectivity index (χ3n) is 3.41. The molecule has 0 saturated carbocycles. The second kappa shape index (κ2) is 8.08. The van der Waals surface area contributed by atoms with E-state index in [0.29, 0.717) is 17.2 Å². The zero-order valence-electron chi connectivity index (χ0n) is 13.5. The van der Waals surface area contributed by atoms with Gasteiger partial charge in [-0.05, 0) is 24.6 Å². The van der Waals surface area contributed by atoms with Gasteiger partial charge in [0.1, 0.15) is 0 Å². The molecule has 0 radical (unpaired) electrons. The molecule has 0 aliphatic heterocycles. The molecule has 5 heteroatoms. The van der Waals surface area contributed by atoms with Gasteiger partial charge in [-0.1, -0.05) is 36.4 Å². The van der Waals surface area contributed by atoms with E-state index in [-0.39, 0.29) is 18.6 Å². The molecule has 0 aromatic heterocycles. The lowest BCUT2D eigenvalue weighted by Crippen LogP contribution is -2.31. The summed E-state index contributed by atoms with van der Waals surface area (Å²) in [7, 11) is 3.08. The highest BCUT2D eigenvalue weighted by Crippen LogP contribution is 2.36. The summed E-state index contributed by atoms with van der Waals surface area (Å²) in [4.78, 5) is 12.1. The predicted octanol–water partition coefficient (Wildman–Crippen LogP) is 2.96. The van der Waals surface area contributed by atoms with E-state index in [1.54, 1.807) is 32.4 Å². The smallest absolute Gasteiger partial charge is 0.258 e. The van der Waals surface area contributed by atoms with Gasteiger partial charge in [0.2, 0.25) is 5.75 Å². The lowest BCUT2D eigenvalue weighted by molar-refractivity contribution is -0.123. The normalized spacial score (nSPS) is 11.4. The SMILES string of the molecule is COc1cccc(OC)c1OCC(=O)NC(C)c1ccccc1. The molecule has 122 valence electrons. The average molecular weight is 315 g/mol. The zero-order valence-corrected chi connectivity index (χ0v) is 13.5. The van der Waals surface area contributed by atoms with Crippen LogP contribution in [0.3, 0.4) is 0 Å². The van der Waals surface area contributed by atoms with E-state index in [1.807, 2.05) is 37.3 Å². The van der Waals surface area contributed by atoms with Crippen LogP contribution in [-0.4, -0.2) is 26.7 Å². The van der Waals surface area contributed by atoms with E-state index in [0.717, 1.165) is 5.56 Å². The average Bonchev–Trinajstić information content (AvgIpc) is 2.60. The first kappa shape index (κ1) is 16.7. The van der Waals surface area contributed by atoms with Crippen LogP contribution in [0.4, 0.5) is 0 Å². The van der Waals surface area contributed by atoms with Crippen molar-refractivity contribution in [1.29, 1.82) is 0 Å². The van der Waals surface area contributed by atoms with Gasteiger partial charge < -0.3 is 19.5 Å². The monoisotopic (exact) mass is 315 g/mol. The number of carbonyl (C=O) groups excluding carboxylic acids is 1. The van der Waals surface area contributed by atoms with Gasteiger partial charge in [-0.2, -0.15) is 0 Å². The van der Waals surface area contributed by atoms with E-state index in [1.165, 1.54) is 0 Å². The molecule has 5 nitrogen and oxygen atoms in total. The quantitative estimate of drug-likeness (QED) is 0.853. The molecule has 0 aliphatic carbocycles. The largest absolute Gasteiger partial charge is 0.493 e. The second-order valence-corrected chi connectivity index (χ2v) is 4.98. The number of hydrogen-bond acceptors (Lipinski definition) is 4. The van der Waals surface area contributed by atoms with E-state index in [9.17, 15) is 4.79 Å². The summed E-state index contributed by atoms with van der Waals surface area (Å²) in [5.74, 6) is 1.25. The van der Waals surface area contributed by atoms with Gasteiger partial charge in [0.15, 0.2) is 18.1 Å². The van der Waals surface area contributed by atoms with Gasteiger partial charge in [-0.3, -0.25) is 4.79 Å². The van der Waals surface area contributed by atoms with Crippen LogP contribution < -0.4 is 19.5 Å². The zero-order chi connectivity index (χ0) is 16.7. The molecule has 2 aromatic carbocycles. The lowest BCUT2D eigenvalue weighted by atomic mass is 10.1. The number of methoxy groups -OCH3 is 2. The van der Waals surface area contributed by atoms with Crippen LogP contribution in [0.1, 0.15) is 18.5 Å². The Labute approximate surface area is 136 Å². The van der Waals surface area contributed by atoms with Gasteiger partial charge >= 0.3 is 0 Å². The number of carbonyl (C=O) groups is 1. The summed E-state index contributed by atoms with van der Waals surface area (Å²) in [6, 6.07) is 15.0. The van der Waals surface area contributed by atoms with Crippen LogP contribution in [0.25, 0.3) is 0 Å². The Morgan fingerprint density at radius 3 is 2.17 bits per heavy atom. The van der Waals surface area contributed by atoms with Gasteiger partial charge in [0.25, 0.3) is 5.91 Å². The minimum absolute atomic E-state index is 0.0909. The molecule has 0 heterocycles. The summed E-state index contributed by atoms with van der Waals surface area (Å²) in [5, 5.41) is 2.90. The number of hydrogen-bond donors (Lipinski definition) is 1. The summed E-state index contributed by atoms with van der Waals surface area (Å²) < 4.78 is 16.1. The van der Waals surface area contributed by atoms with Crippen LogP contribution >= 0.6 is 0 Å². The van der Waals surface area contributed by atoms with Crippen molar-refractivity contribution in [1.82, 2.24) is 5.32 Å². The minimum Gasteiger partial charge on any atom is -0.493 e. The number of rotatable bonds is 7. The highest BCUT2D eigenvalue weighted by molar-refractivity contribution is 5.78. The van der Waals surface area contributed by atoms with Crippen molar-refractivity contribution in [2.45, 2.75) is 13.0 Å². The first-order chi connectivity index (χ1) is 11.2. The molecule has 0 spiro atoms. The molecule has 1 amide bonds. The lowest BCUT2D eigenvalue weighted by Gasteiger charge is -2.16. The third-order valence-corrected chi connectivity index (χ3v) is 3.41. The summed E-state index contributed by atoms with van der Waals surface area (Å²) in [6.07, 6.45) is 0. The molecule has 0 fully saturated rings. The molecule has 1 atom stereocenters. The van der Waals surface area contributed by atoms with Crippen molar-refractivity contribution < 1.29 is 19.0 Å². The van der Waals surface area contributed by atoms with Crippen LogP contribution in [0.15, 0.2) is 48.5 Å². The second-order valence-electron chi connectivity index (χ2n) is 4.98. The van der Waals surface area contributed by atoms with Crippen molar-refractivity contribution in [2.24, 2.45) is 0 Å². The topological polar surface area (TPSA) is 56.8 Å². The fourth-order valence-electron chi connectivity index (χ4n) is 2.21. The van der Waals surface area contributed by atoms with Crippen LogP contribution in [0.2, 0.25) is 0 Å². The Morgan fingerprint density at radius 2 is 1.61 bits per heavy atom. The fraction of sp³-hybridized carbons (Fsp3) is 0.278. The maximum Gasteiger partial charge on any atom is 0.258 e. The van der Waals surface area contributed by atoms with Gasteiger partial charge in [-0.15, -0.1) is 0 Å². The molecule has 0 bridgehead atoms. The van der Waals surface area contributed by atoms with Gasteiger partial charge in [0, 0.05) is 0 Å². The Kier molecular flexibility index (Phi) is 5.86. The molecule has 1 unspecified atom stereocenters. The molecule has 0 aliphatic rings. The van der Waals surface area contributed by atoms with Crippen LogP contribution in [-0.2, 0) is 4.79 Å². The van der Waals surface area contributed by atoms with E-state index in [2.05, 4.69) is 5.32 Å². The maximum atomic E-state index is 12.1. The Hall–Kier alpha value is -2.69. The van der Waals surface area contributed by atoms with Crippen LogP contribution in [0.5, 0.6) is 17.2 Å². The summed E-state index contributed by atoms with van der Waals surface area (Å²) >= 11 is 0. The summed E-state index contributed by atoms with van der Waals surface area (Å²) in [5.41, 5.74) is 1.04. The third kappa shape index (κ3) is 4.39. The number of ether oxygens (including phenoxy) is 3. The molecule has 2 rings (SSSR count). The highest BCUT2D eigenvalue weighted by Gasteiger charge is 2.14. The van der Waals surface area contributed by atoms with Crippen molar-refractivity contribution in [3.63, 3.8) is 0 Å². The first-order valence-electron chi connectivity index (χ1n) is 7.33. The highest BCUT2D eigenvalue weighted by atomic mass is 16.5. The van der Waals surface area contributed by atoms with Crippen molar-refractivity contribution in [2.75, 3.05) is 20.8 Å². The Balaban J connectivity index is 1.97. The number of benzene rings is 2. The molecule has 0 saturated heterocycles. The van der Waals surface area contributed by atoms with E-state index in [4.69, 9.17) is 14.2 Å². The molecule has 1 N–H and O–H groups in total. The van der Waals surface area contributed by atoms with Gasteiger partial charge in [0.05, 0.1) is 20.3 Å². The number of nitrogens with one attached hydrogen (secondary N) is 1. The Morgan fingerprint density at radius 1 is 1.00 bits per heavy atom. The van der Waals surface area contributed by atoms with E-state index >= 15 is 0 Å². The maximum absolute atomic E-state index is 12.1. The predicted molar refractivity (Wildman–Crippen MR) is 88.0 cm³/mol. The Bertz CT molecular complexity index is 620. The van der Waals surface area contributed by atoms with Crippen molar-refractivity contribution >= 4 is 5.91 Å². The van der Waals surface area contributed by atoms with Crippen molar-refractivity contribution in [3.8, 4) is 17.2 Å². The van der Waals surface area contributed by atoms with Crippen LogP contribution in [0, 0.1) is 0 Å². The first-order valence-corrected chi connectivity index (χ1v) is 7.33. The van der Waals surface area contributed by atoms with Crippen molar-refractivity contribution in [3.05, 3.63) is 54.1 Å². The molecular weight excluding hydrogens is 294 g/mol. The molecular formula is C18H21NO4. The molecule has 2 aromatic rings. The van der Waals surface area contributed by atoms with Gasteiger partial charge in [-0.25, -0.2) is 0 Å². The number of amides is 1. The van der Waals surface area contributed by atoms with E-state index < -0.39 is 0 Å². The molecule has 23 heavy (non-hydrogen) atoms. The number of para-hydroxylation sites is 1. The summed E-state index contributed by atoms with van der Waals surface area (Å²) in [6.45, 7) is 1.81. The standard InChI is InChI=1S/C18H21NO4/c1-13(14-8-5-4-6-9-14)19-17(20)12-23-18-15(21-2)10-7-11-16(18)22-3/h4-11,13H,12H2,1-3H3,(H,19,20). The minimum atomic E-state index is -0.214.